The van der Waals surface area contributed by atoms with Gasteiger partial charge in [-0.15, -0.1) is 0 Å². The second kappa shape index (κ2) is 6.43. The van der Waals surface area contributed by atoms with Crippen molar-refractivity contribution in [1.82, 2.24) is 0 Å². The molecule has 0 bridgehead atoms. The van der Waals surface area contributed by atoms with Crippen LogP contribution in [-0.2, 0) is 12.3 Å². The van der Waals surface area contributed by atoms with Gasteiger partial charge in [-0.1, -0.05) is 106 Å². The largest absolute Gasteiger partial charge is 0.0880 e. The highest BCUT2D eigenvalue weighted by Gasteiger charge is 2.50. The van der Waals surface area contributed by atoms with E-state index in [1.165, 1.54) is 12.3 Å². The minimum Gasteiger partial charge on any atom is -0.0880 e. The van der Waals surface area contributed by atoms with Crippen molar-refractivity contribution >= 4 is 15.8 Å². The summed E-state index contributed by atoms with van der Waals surface area (Å²) in [5, 5.41) is 0.797. The molecule has 2 aromatic carbocycles. The van der Waals surface area contributed by atoms with Crippen molar-refractivity contribution in [3.05, 3.63) is 70.8 Å². The monoisotopic (exact) mass is 382 g/mol. The van der Waals surface area contributed by atoms with Gasteiger partial charge in [-0.25, -0.2) is 0 Å². The summed E-state index contributed by atoms with van der Waals surface area (Å²) >= 11 is 0. The predicted molar refractivity (Wildman–Crippen MR) is 119 cm³/mol. The molecular weight excluding hydrogens is 350 g/mol. The summed E-state index contributed by atoms with van der Waals surface area (Å²) in [5.41, 5.74) is 8.07. The molecule has 26 heavy (non-hydrogen) atoms. The molecule has 0 saturated heterocycles. The van der Waals surface area contributed by atoms with Gasteiger partial charge in [0.1, 0.15) is 0 Å². The molecule has 0 saturated carbocycles. The van der Waals surface area contributed by atoms with Crippen LogP contribution in [0.4, 0.5) is 0 Å². The Hall–Kier alpha value is -0.700. The van der Waals surface area contributed by atoms with E-state index in [1.807, 2.05) is 0 Å². The summed E-state index contributed by atoms with van der Waals surface area (Å²) in [6.45, 7) is 14.9. The van der Waals surface area contributed by atoms with Crippen molar-refractivity contribution in [2.24, 2.45) is 0 Å². The molecule has 2 heterocycles. The number of hydrogen-bond acceptors (Lipinski definition) is 0. The fraction of sp³-hybridized carbons (Fsp3) is 0.500. The maximum Gasteiger partial charge on any atom is 0.0161 e. The zero-order valence-electron chi connectivity index (χ0n) is 17.1. The molecule has 0 aliphatic carbocycles. The standard InChI is InChI=1S/C24H32P2/c1-23(2,3)25-15-17-11-7-9-13-19(17)21(25)22-20-14-10-8-12-18(20)16-26(22)24(4,5)6/h7-14,21-22H,15-16H2,1-6H3/t21-,22-,25+,26?/m1/s1. The van der Waals surface area contributed by atoms with Crippen LogP contribution in [0.1, 0.15) is 75.1 Å². The van der Waals surface area contributed by atoms with Gasteiger partial charge in [0.2, 0.25) is 0 Å². The van der Waals surface area contributed by atoms with Crippen molar-refractivity contribution in [2.45, 2.75) is 75.5 Å². The molecule has 0 aromatic heterocycles. The molecule has 1 unspecified atom stereocenters. The van der Waals surface area contributed by atoms with Crippen molar-refractivity contribution in [3.63, 3.8) is 0 Å². The summed E-state index contributed by atoms with van der Waals surface area (Å²) in [5.74, 6) is 0. The van der Waals surface area contributed by atoms with Crippen LogP contribution < -0.4 is 0 Å². The predicted octanol–water partition coefficient (Wildman–Crippen LogP) is 8.06. The first kappa shape index (κ1) is 18.7. The van der Waals surface area contributed by atoms with E-state index in [1.54, 1.807) is 22.3 Å². The van der Waals surface area contributed by atoms with Crippen LogP contribution in [0.25, 0.3) is 0 Å². The van der Waals surface area contributed by atoms with Gasteiger partial charge in [-0.2, -0.15) is 0 Å². The Bertz CT molecular complexity index is 740. The van der Waals surface area contributed by atoms with E-state index in [-0.39, 0.29) is 15.8 Å². The Labute approximate surface area is 162 Å². The molecule has 2 aromatic rings. The highest BCUT2D eigenvalue weighted by atomic mass is 31.1. The summed E-state index contributed by atoms with van der Waals surface area (Å²) in [6, 6.07) is 18.7. The molecule has 2 aliphatic heterocycles. The first-order valence-electron chi connectivity index (χ1n) is 9.87. The molecule has 0 radical (unpaired) electrons. The number of hydrogen-bond donors (Lipinski definition) is 0. The van der Waals surface area contributed by atoms with Gasteiger partial charge in [0.05, 0.1) is 0 Å². The van der Waals surface area contributed by atoms with Gasteiger partial charge in [0.25, 0.3) is 0 Å². The van der Waals surface area contributed by atoms with Gasteiger partial charge >= 0.3 is 0 Å². The second-order valence-corrected chi connectivity index (χ2v) is 16.2. The molecule has 0 N–H and O–H groups in total. The zero-order chi connectivity index (χ0) is 18.7. The van der Waals surface area contributed by atoms with E-state index in [0.29, 0.717) is 10.3 Å². The maximum absolute atomic E-state index is 2.48. The zero-order valence-corrected chi connectivity index (χ0v) is 18.9. The van der Waals surface area contributed by atoms with E-state index < -0.39 is 0 Å². The van der Waals surface area contributed by atoms with Crippen molar-refractivity contribution in [2.75, 3.05) is 0 Å². The summed E-state index contributed by atoms with van der Waals surface area (Å²) < 4.78 is 0. The minimum absolute atomic E-state index is 0.0695. The highest BCUT2D eigenvalue weighted by Crippen LogP contribution is 2.80. The Morgan fingerprint density at radius 1 is 0.615 bits per heavy atom. The molecule has 0 fully saturated rings. The van der Waals surface area contributed by atoms with E-state index in [2.05, 4.69) is 90.1 Å². The summed E-state index contributed by atoms with van der Waals surface area (Å²) in [4.78, 5) is 0. The first-order chi connectivity index (χ1) is 12.2. The number of benzene rings is 2. The Balaban J connectivity index is 1.89. The average Bonchev–Trinajstić information content (AvgIpc) is 3.12. The van der Waals surface area contributed by atoms with Crippen LogP contribution in [0.2, 0.25) is 0 Å². The topological polar surface area (TPSA) is 0 Å². The van der Waals surface area contributed by atoms with Crippen molar-refractivity contribution in [1.29, 1.82) is 0 Å². The SMILES string of the molecule is CC(C)(C)P1Cc2ccccc2[C@@H]1[C@H]1c2ccccc2C[P@]1C(C)(C)C. The third-order valence-electron chi connectivity index (χ3n) is 6.12. The van der Waals surface area contributed by atoms with Crippen LogP contribution in [0.3, 0.4) is 0 Å². The van der Waals surface area contributed by atoms with Crippen LogP contribution in [0.5, 0.6) is 0 Å². The van der Waals surface area contributed by atoms with E-state index >= 15 is 0 Å². The summed E-state index contributed by atoms with van der Waals surface area (Å²) in [7, 11) is -0.139. The van der Waals surface area contributed by atoms with Crippen LogP contribution in [-0.4, -0.2) is 10.3 Å². The van der Waals surface area contributed by atoms with Gasteiger partial charge in [-0.05, 0) is 44.9 Å². The lowest BCUT2D eigenvalue weighted by atomic mass is 9.98. The van der Waals surface area contributed by atoms with Crippen LogP contribution >= 0.6 is 15.8 Å². The normalized spacial score (nSPS) is 28.1. The van der Waals surface area contributed by atoms with Gasteiger partial charge in [0.15, 0.2) is 0 Å². The summed E-state index contributed by atoms with van der Waals surface area (Å²) in [6.07, 6.45) is 2.62. The highest BCUT2D eigenvalue weighted by molar-refractivity contribution is 7.63. The lowest BCUT2D eigenvalue weighted by Gasteiger charge is -2.42. The first-order valence-corrected chi connectivity index (χ1v) is 13.1. The smallest absolute Gasteiger partial charge is 0.0161 e. The third kappa shape index (κ3) is 3.08. The molecule has 4 rings (SSSR count). The number of fused-ring (bicyclic) bond motifs is 2. The molecule has 2 aliphatic rings. The maximum atomic E-state index is 2.48. The fourth-order valence-electron chi connectivity index (χ4n) is 4.82. The Morgan fingerprint density at radius 3 is 1.31 bits per heavy atom. The quantitative estimate of drug-likeness (QED) is 0.438. The van der Waals surface area contributed by atoms with E-state index in [0.717, 1.165) is 11.3 Å². The van der Waals surface area contributed by atoms with Gasteiger partial charge in [0, 0.05) is 11.3 Å². The average molecular weight is 382 g/mol. The van der Waals surface area contributed by atoms with Gasteiger partial charge in [-0.3, -0.25) is 0 Å². The Kier molecular flexibility index (Phi) is 4.61. The molecule has 0 amide bonds. The number of rotatable bonds is 1. The van der Waals surface area contributed by atoms with Gasteiger partial charge < -0.3 is 0 Å². The molecule has 0 spiro atoms. The van der Waals surface area contributed by atoms with E-state index in [4.69, 9.17) is 0 Å². The molecular formula is C24H32P2. The minimum atomic E-state index is -0.0695. The lowest BCUT2D eigenvalue weighted by molar-refractivity contribution is 0.736. The molecule has 4 atom stereocenters. The molecule has 0 nitrogen and oxygen atoms in total. The van der Waals surface area contributed by atoms with Crippen LogP contribution in [0.15, 0.2) is 48.5 Å². The van der Waals surface area contributed by atoms with Crippen molar-refractivity contribution < 1.29 is 0 Å². The van der Waals surface area contributed by atoms with Crippen molar-refractivity contribution in [3.8, 4) is 0 Å². The molecule has 138 valence electrons. The second-order valence-electron chi connectivity index (χ2n) is 9.88. The Morgan fingerprint density at radius 2 is 0.962 bits per heavy atom. The third-order valence-corrected chi connectivity index (χ3v) is 13.7. The fourth-order valence-corrected chi connectivity index (χ4v) is 12.3. The van der Waals surface area contributed by atoms with Crippen LogP contribution in [0, 0.1) is 0 Å². The lowest BCUT2D eigenvalue weighted by Crippen LogP contribution is -2.20. The van der Waals surface area contributed by atoms with E-state index in [9.17, 15) is 0 Å². The molecule has 2 heteroatoms.